The Morgan fingerprint density at radius 1 is 0.264 bits per heavy atom. The van der Waals surface area contributed by atoms with E-state index in [0.29, 0.717) is 29.1 Å². The van der Waals surface area contributed by atoms with Gasteiger partial charge in [-0.2, -0.15) is 0 Å². The smallest absolute Gasteiger partial charge is 0.247 e. The minimum Gasteiger partial charge on any atom is -0.363 e. The Hall–Kier alpha value is -9.75. The lowest BCUT2D eigenvalue weighted by atomic mass is 9.97. The van der Waals surface area contributed by atoms with Crippen LogP contribution in [0.2, 0.25) is 0 Å². The molecule has 0 bridgehead atoms. The summed E-state index contributed by atoms with van der Waals surface area (Å²) < 4.78 is 0. The van der Waals surface area contributed by atoms with E-state index in [1.54, 1.807) is 0 Å². The van der Waals surface area contributed by atoms with E-state index in [1.807, 2.05) is 66.2 Å². The van der Waals surface area contributed by atoms with Gasteiger partial charge < -0.3 is 48.7 Å². The molecule has 0 amide bonds. The highest BCUT2D eigenvalue weighted by atomic mass is 15.5. The summed E-state index contributed by atoms with van der Waals surface area (Å²) in [6, 6.07) is 19.5. The first-order valence-electron chi connectivity index (χ1n) is 31.1. The Labute approximate surface area is 547 Å². The summed E-state index contributed by atoms with van der Waals surface area (Å²) in [4.78, 5) is 39.2. The quantitative estimate of drug-likeness (QED) is 0.159. The number of aryl methyl sites for hydroxylation is 11. The maximum atomic E-state index is 7.37. The van der Waals surface area contributed by atoms with Crippen molar-refractivity contribution in [3.8, 4) is 0 Å². The maximum Gasteiger partial charge on any atom is 0.247 e. The van der Waals surface area contributed by atoms with Gasteiger partial charge in [0, 0.05) is 66.2 Å². The summed E-state index contributed by atoms with van der Waals surface area (Å²) >= 11 is 0. The SMILES string of the molecule is [C-]#[N+]C1=CN(C)[C@H](C)N1c1c(C)cc(C)cc1C.[C-]#[N+]C1=CN(C)[C@H](C)N1c1c(C)ccc(C)c1C.[C-]#[N+]C1=CN(C)[C@H](C)N1c1cc(C)c(C)c(C)c1C.[C-]#[N+]C1=CN(C)[C@H](C)N1c1cc(C)c(C)cc1C.[C-]#[N+]C1=CN(C)[C@H](C)N1c1cc(C)cc(C)c1C. The largest absolute Gasteiger partial charge is 0.363 e. The third kappa shape index (κ3) is 14.3. The van der Waals surface area contributed by atoms with Crippen LogP contribution in [0.1, 0.15) is 124 Å². The van der Waals surface area contributed by atoms with Gasteiger partial charge in [0.05, 0.1) is 0 Å². The fourth-order valence-corrected chi connectivity index (χ4v) is 12.4. The van der Waals surface area contributed by atoms with Crippen molar-refractivity contribution in [3.05, 3.63) is 261 Å². The van der Waals surface area contributed by atoms with Crippen LogP contribution >= 0.6 is 0 Å². The predicted molar refractivity (Wildman–Crippen MR) is 380 cm³/mol. The van der Waals surface area contributed by atoms with Gasteiger partial charge in [-0.25, -0.2) is 0 Å². The normalized spacial score (nSPS) is 18.8. The third-order valence-corrected chi connectivity index (χ3v) is 19.1. The van der Waals surface area contributed by atoms with Crippen LogP contribution < -0.4 is 24.5 Å². The molecule has 5 aliphatic heterocycles. The van der Waals surface area contributed by atoms with Crippen LogP contribution in [0.3, 0.4) is 0 Å². The summed E-state index contributed by atoms with van der Waals surface area (Å²) in [6.45, 7) is 81.2. The molecule has 0 fully saturated rings. The van der Waals surface area contributed by atoms with Gasteiger partial charge in [0.25, 0.3) is 0 Å². The van der Waals surface area contributed by atoms with E-state index in [9.17, 15) is 0 Å². The van der Waals surface area contributed by atoms with E-state index < -0.39 is 0 Å². The molecule has 0 aliphatic carbocycles. The van der Waals surface area contributed by atoms with Crippen LogP contribution in [0.5, 0.6) is 0 Å². The second-order valence-electron chi connectivity index (χ2n) is 25.3. The van der Waals surface area contributed by atoms with Crippen molar-refractivity contribution in [1.29, 1.82) is 0 Å². The molecular weight excluding hydrogens is 1120 g/mol. The zero-order valence-corrected chi connectivity index (χ0v) is 59.2. The number of anilines is 5. The average molecular weight is 1220 g/mol. The molecule has 15 nitrogen and oxygen atoms in total. The minimum atomic E-state index is 0.185. The van der Waals surface area contributed by atoms with E-state index in [-0.39, 0.29) is 30.8 Å². The number of benzene rings is 5. The minimum absolute atomic E-state index is 0.185. The molecule has 0 spiro atoms. The van der Waals surface area contributed by atoms with Gasteiger partial charge in [-0.1, -0.05) is 74.8 Å². The number of rotatable bonds is 5. The Morgan fingerprint density at radius 2 is 0.571 bits per heavy atom. The summed E-state index contributed by atoms with van der Waals surface area (Å²) in [5.74, 6) is 3.47. The highest BCUT2D eigenvalue weighted by Gasteiger charge is 2.37. The molecule has 0 radical (unpaired) electrons. The van der Waals surface area contributed by atoms with E-state index in [0.717, 1.165) is 17.1 Å². The van der Waals surface area contributed by atoms with Crippen LogP contribution in [-0.4, -0.2) is 90.6 Å². The summed E-state index contributed by atoms with van der Waals surface area (Å²) in [5.41, 5.74) is 26.0. The van der Waals surface area contributed by atoms with Gasteiger partial charge in [0.1, 0.15) is 28.4 Å². The van der Waals surface area contributed by atoms with E-state index in [1.165, 1.54) is 100 Å². The predicted octanol–water partition coefficient (Wildman–Crippen LogP) is 17.4. The zero-order valence-electron chi connectivity index (χ0n) is 59.2. The van der Waals surface area contributed by atoms with Crippen molar-refractivity contribution in [2.75, 3.05) is 59.7 Å². The van der Waals surface area contributed by atoms with Crippen LogP contribution in [0.25, 0.3) is 24.2 Å². The lowest BCUT2D eigenvalue weighted by Crippen LogP contribution is -2.35. The van der Waals surface area contributed by atoms with Crippen LogP contribution in [0.15, 0.2) is 115 Å². The lowest BCUT2D eigenvalue weighted by Gasteiger charge is -2.27. The molecule has 5 aromatic carbocycles. The standard InChI is InChI=1S/C16H21N3.4C15H19N3/c1-10-8-15(13(4)12(3)11(10)2)19-14(5)18(7)9-16(19)17-6;1-10-7-12(3)14(8-11(10)2)18-13(4)17(6)9-15(18)16-5;1-10-7-11(2)12(3)14(8-10)18-13(4)17(6)9-15(18)16-5;1-10-7-11(2)15(12(3)8-10)18-13(4)17(6)9-14(18)16-5;1-10-7-8-11(2)15(12(10)3)18-13(4)17(6)9-14(18)16-5/h8-9,14H,1-5,7H3;4*7-9,13H,1-4,6H3/t14-;4*13-/m00000/s1. The molecule has 91 heavy (non-hydrogen) atoms. The highest BCUT2D eigenvalue weighted by molar-refractivity contribution is 5.70. The van der Waals surface area contributed by atoms with Gasteiger partial charge in [0.15, 0.2) is 30.8 Å². The van der Waals surface area contributed by atoms with E-state index >= 15 is 0 Å². The molecule has 0 N–H and O–H groups in total. The molecule has 0 unspecified atom stereocenters. The lowest BCUT2D eigenvalue weighted by molar-refractivity contribution is 0.382. The van der Waals surface area contributed by atoms with Gasteiger partial charge in [-0.3, -0.25) is 24.5 Å². The van der Waals surface area contributed by atoms with Crippen molar-refractivity contribution in [2.24, 2.45) is 0 Å². The van der Waals surface area contributed by atoms with Gasteiger partial charge in [0.2, 0.25) is 29.1 Å². The molecule has 476 valence electrons. The molecule has 5 atom stereocenters. The second kappa shape index (κ2) is 28.8. The molecule has 0 saturated heterocycles. The molecule has 5 heterocycles. The highest BCUT2D eigenvalue weighted by Crippen LogP contribution is 2.40. The first-order chi connectivity index (χ1) is 42.7. The van der Waals surface area contributed by atoms with Gasteiger partial charge in [-0.05, 0) is 247 Å². The van der Waals surface area contributed by atoms with Crippen molar-refractivity contribution in [3.63, 3.8) is 0 Å². The number of hydrogen-bond donors (Lipinski definition) is 0. The first-order valence-corrected chi connectivity index (χ1v) is 31.1. The Morgan fingerprint density at radius 3 is 0.989 bits per heavy atom. The molecule has 10 rings (SSSR count). The van der Waals surface area contributed by atoms with Crippen LogP contribution in [-0.2, 0) is 0 Å². The molecule has 15 heteroatoms. The molecule has 5 aromatic rings. The number of nitrogens with zero attached hydrogens (tertiary/aromatic N) is 15. The fraction of sp³-hybridized carbons (Fsp3) is 0.408. The van der Waals surface area contributed by atoms with Gasteiger partial charge >= 0.3 is 0 Å². The average Bonchev–Trinajstić information content (AvgIpc) is 1.78. The topological polar surface area (TPSA) is 54.2 Å². The van der Waals surface area contributed by atoms with Crippen molar-refractivity contribution >= 4 is 28.4 Å². The molecule has 0 saturated carbocycles. The monoisotopic (exact) mass is 1220 g/mol. The Kier molecular flexibility index (Phi) is 22.3. The van der Waals surface area contributed by atoms with Crippen LogP contribution in [0, 0.1) is 144 Å². The van der Waals surface area contributed by atoms with E-state index in [4.69, 9.17) is 32.9 Å². The Bertz CT molecular complexity index is 3970. The molecule has 0 aromatic heterocycles. The zero-order chi connectivity index (χ0) is 68.1. The molecule has 5 aliphatic rings. The second-order valence-corrected chi connectivity index (χ2v) is 25.3. The van der Waals surface area contributed by atoms with Crippen LogP contribution in [0.4, 0.5) is 28.4 Å². The number of hydrogen-bond acceptors (Lipinski definition) is 10. The maximum absolute atomic E-state index is 7.37. The van der Waals surface area contributed by atoms with E-state index in [2.05, 4.69) is 273 Å². The Balaban J connectivity index is 0.000000181. The summed E-state index contributed by atoms with van der Waals surface area (Å²) in [5, 5.41) is 0. The summed E-state index contributed by atoms with van der Waals surface area (Å²) in [7, 11) is 10.0. The van der Waals surface area contributed by atoms with Gasteiger partial charge in [-0.15, -0.1) is 0 Å². The van der Waals surface area contributed by atoms with Crippen molar-refractivity contribution < 1.29 is 0 Å². The van der Waals surface area contributed by atoms with Crippen molar-refractivity contribution in [2.45, 2.75) is 176 Å². The third-order valence-electron chi connectivity index (χ3n) is 19.1. The molecular formula is C76H97N15. The summed E-state index contributed by atoms with van der Waals surface area (Å²) in [6.07, 6.45) is 10.5. The van der Waals surface area contributed by atoms with Crippen molar-refractivity contribution in [1.82, 2.24) is 24.5 Å². The first kappa shape index (κ1) is 70.3. The fourth-order valence-electron chi connectivity index (χ4n) is 12.4.